The van der Waals surface area contributed by atoms with Crippen LogP contribution in [0.1, 0.15) is 49.7 Å². The van der Waals surface area contributed by atoms with Gasteiger partial charge < -0.3 is 34.4 Å². The van der Waals surface area contributed by atoms with Gasteiger partial charge in [0.15, 0.2) is 0 Å². The van der Waals surface area contributed by atoms with Gasteiger partial charge in [-0.1, -0.05) is 84.5 Å². The van der Waals surface area contributed by atoms with Gasteiger partial charge in [-0.25, -0.2) is 28.4 Å². The number of nitrogens with zero attached hydrogens (tertiary/aromatic N) is 10. The van der Waals surface area contributed by atoms with Crippen molar-refractivity contribution in [3.63, 3.8) is 0 Å². The number of hydrazone groups is 1. The van der Waals surface area contributed by atoms with Crippen LogP contribution in [0.25, 0.3) is 10.8 Å². The molecule has 4 aromatic rings. The van der Waals surface area contributed by atoms with E-state index in [4.69, 9.17) is 30.9 Å². The Labute approximate surface area is 450 Å². The number of urea groups is 1. The quantitative estimate of drug-likeness (QED) is 0.0897. The largest absolute Gasteiger partial charge is 0.463 e. The third-order valence-electron chi connectivity index (χ3n) is 14.8. The number of piperazine rings is 1. The van der Waals surface area contributed by atoms with Gasteiger partial charge in [0.25, 0.3) is 11.9 Å². The average molecular weight is 1080 g/mol. The number of carbonyl (C=O) groups is 3. The van der Waals surface area contributed by atoms with E-state index < -0.39 is 47.2 Å². The third kappa shape index (κ3) is 11.3. The van der Waals surface area contributed by atoms with Crippen LogP contribution in [-0.2, 0) is 24.0 Å². The summed E-state index contributed by atoms with van der Waals surface area (Å²) in [6, 6.07) is 26.1. The first-order valence-electron chi connectivity index (χ1n) is 25.4. The number of nitrogens with one attached hydrogen (secondary N) is 1. The zero-order valence-corrected chi connectivity index (χ0v) is 44.7. The number of likely N-dealkylation sites (N-methyl/N-ethyl adjacent to an activating group) is 1. The highest BCUT2D eigenvalue weighted by Crippen LogP contribution is 2.51. The first-order valence-corrected chi connectivity index (χ1v) is 26.6. The van der Waals surface area contributed by atoms with Gasteiger partial charge in [-0.05, 0) is 92.6 Å². The van der Waals surface area contributed by atoms with Gasteiger partial charge >= 0.3 is 12.1 Å². The molecule has 0 radical (unpaired) electrons. The van der Waals surface area contributed by atoms with E-state index in [0.29, 0.717) is 55.7 Å². The molecule has 0 aromatic heterocycles. The second kappa shape index (κ2) is 23.6. The van der Waals surface area contributed by atoms with Crippen molar-refractivity contribution >= 4 is 68.9 Å². The normalized spacial score (nSPS) is 21.9. The number of anilines is 1. The van der Waals surface area contributed by atoms with Crippen LogP contribution in [0.4, 0.5) is 24.1 Å². The number of fused-ring (bicyclic) bond motifs is 1. The molecule has 0 aliphatic carbocycles. The summed E-state index contributed by atoms with van der Waals surface area (Å²) in [5, 5.41) is 23.2. The lowest BCUT2D eigenvalue weighted by Crippen LogP contribution is -2.59. The molecular formula is C55H62ClF2N11O6S. The Morgan fingerprint density at radius 2 is 1.80 bits per heavy atom. The number of rotatable bonds is 15. The summed E-state index contributed by atoms with van der Waals surface area (Å²) in [6.07, 6.45) is 2.31. The summed E-state index contributed by atoms with van der Waals surface area (Å²) in [5.74, 6) is -1.80. The van der Waals surface area contributed by atoms with Gasteiger partial charge in [-0.15, -0.1) is 0 Å². The molecule has 0 saturated carbocycles. The molecule has 2 saturated heterocycles. The first kappa shape index (κ1) is 54.0. The highest BCUT2D eigenvalue weighted by atomic mass is 35.5. The van der Waals surface area contributed by atoms with E-state index in [0.717, 1.165) is 88.7 Å². The summed E-state index contributed by atoms with van der Waals surface area (Å²) >= 11 is 7.90. The first-order chi connectivity index (χ1) is 36.7. The molecule has 9 rings (SSSR count). The van der Waals surface area contributed by atoms with Crippen LogP contribution in [-0.4, -0.2) is 164 Å². The molecule has 0 bridgehead atoms. The molecule has 5 aliphatic heterocycles. The van der Waals surface area contributed by atoms with Crippen molar-refractivity contribution in [2.75, 3.05) is 92.2 Å². The number of ether oxygens (including phenoxy) is 2. The Balaban J connectivity index is 0.848. The SMILES string of the molecule is C=C(COC(=O)N(C)CCC[C@@]1(c2ccccc2)SC(c2cc(F)ccc2F)=NN1C(=O)N(C)OC)C(=O)N1CCN(C2N=C(OC[C@@H]3CCCN3C)NC3=C2CCN(c2cccc4cccc(Cl)c24)C3)C[C@@H]1CC#N. The number of aliphatic imine (C=N–C) groups is 1. The fraction of sp³-hybridized carbons (Fsp3) is 0.418. The molecule has 17 nitrogen and oxygen atoms in total. The van der Waals surface area contributed by atoms with Crippen LogP contribution in [0.5, 0.6) is 0 Å². The molecule has 4 amide bonds. The number of nitriles is 1. The highest BCUT2D eigenvalue weighted by molar-refractivity contribution is 8.15. The maximum atomic E-state index is 15.2. The summed E-state index contributed by atoms with van der Waals surface area (Å²) in [6.45, 7) is 7.67. The molecule has 2 fully saturated rings. The Hall–Kier alpha value is -6.76. The fourth-order valence-corrected chi connectivity index (χ4v) is 12.3. The van der Waals surface area contributed by atoms with Crippen LogP contribution >= 0.6 is 23.4 Å². The maximum absolute atomic E-state index is 15.2. The van der Waals surface area contributed by atoms with Crippen LogP contribution in [0, 0.1) is 23.0 Å². The third-order valence-corrected chi connectivity index (χ3v) is 16.6. The fourth-order valence-electron chi connectivity index (χ4n) is 10.6. The Kier molecular flexibility index (Phi) is 16.8. The number of hydrogen-bond acceptors (Lipinski definition) is 14. The zero-order chi connectivity index (χ0) is 53.7. The summed E-state index contributed by atoms with van der Waals surface area (Å²) < 4.78 is 41.8. The van der Waals surface area contributed by atoms with Crippen molar-refractivity contribution in [2.24, 2.45) is 10.1 Å². The van der Waals surface area contributed by atoms with E-state index in [2.05, 4.69) is 69.1 Å². The van der Waals surface area contributed by atoms with Gasteiger partial charge in [0, 0.05) is 80.8 Å². The predicted molar refractivity (Wildman–Crippen MR) is 289 cm³/mol. The Morgan fingerprint density at radius 3 is 2.55 bits per heavy atom. The lowest BCUT2D eigenvalue weighted by atomic mass is 9.97. The van der Waals surface area contributed by atoms with E-state index in [1.807, 2.05) is 30.3 Å². The molecular weight excluding hydrogens is 1020 g/mol. The van der Waals surface area contributed by atoms with Crippen molar-refractivity contribution in [2.45, 2.75) is 61.6 Å². The lowest BCUT2D eigenvalue weighted by molar-refractivity contribution is -0.132. The maximum Gasteiger partial charge on any atom is 0.409 e. The molecule has 1 N–H and O–H groups in total. The number of halogens is 3. The minimum Gasteiger partial charge on any atom is -0.463 e. The smallest absolute Gasteiger partial charge is 0.409 e. The Bertz CT molecular complexity index is 2990. The molecule has 21 heteroatoms. The zero-order valence-electron chi connectivity index (χ0n) is 43.1. The number of carbonyl (C=O) groups excluding carboxylic acids is 3. The van der Waals surface area contributed by atoms with Crippen molar-refractivity contribution < 1.29 is 37.5 Å². The van der Waals surface area contributed by atoms with Crippen molar-refractivity contribution in [3.8, 4) is 6.07 Å². The second-order valence-electron chi connectivity index (χ2n) is 19.6. The van der Waals surface area contributed by atoms with Gasteiger partial charge in [0.1, 0.15) is 40.9 Å². The monoisotopic (exact) mass is 1080 g/mol. The molecule has 5 aliphatic rings. The molecule has 0 spiro atoms. The van der Waals surface area contributed by atoms with Crippen LogP contribution in [0.3, 0.4) is 0 Å². The molecule has 5 heterocycles. The van der Waals surface area contributed by atoms with Crippen molar-refractivity contribution in [1.82, 2.24) is 35.0 Å². The van der Waals surface area contributed by atoms with E-state index in [-0.39, 0.29) is 54.3 Å². The summed E-state index contributed by atoms with van der Waals surface area (Å²) in [4.78, 5) is 60.5. The van der Waals surface area contributed by atoms with Gasteiger partial charge in [0.05, 0.1) is 37.2 Å². The van der Waals surface area contributed by atoms with Gasteiger partial charge in [0.2, 0.25) is 0 Å². The standard InChI is InChI=1S/C55H62ClF2N11O6S/c1-36(34-75-54(72)64(3)27-12-24-55(38-15-7-6-8-16-38)69(53(71)65(4)73-5)62-50(76-55)43-31-39(57)20-21-45(43)58)51(70)68-30-29-67(32-40(68)22-25-59)49-42-23-28-66(47-19-10-14-37-13-9-18-44(56)48(37)47)33-46(42)60-52(61-49)74-35-41-17-11-26-63(41)2/h6-10,13-16,18-21,31,40-41,49H,1,11-12,17,22-24,26-30,32-35H2,2-5H3,(H,60,61)/t40-,41-,49?,55-/m0/s1. The van der Waals surface area contributed by atoms with Crippen LogP contribution < -0.4 is 10.2 Å². The van der Waals surface area contributed by atoms with Gasteiger partial charge in [-0.2, -0.15) is 15.4 Å². The van der Waals surface area contributed by atoms with E-state index in [1.54, 1.807) is 24.1 Å². The van der Waals surface area contributed by atoms with Crippen molar-refractivity contribution in [1.29, 1.82) is 5.26 Å². The number of likely N-dealkylation sites (tertiary alicyclic amines) is 1. The predicted octanol–water partition coefficient (Wildman–Crippen LogP) is 8.34. The second-order valence-corrected chi connectivity index (χ2v) is 21.2. The number of hydrogen-bond donors (Lipinski definition) is 1. The lowest BCUT2D eigenvalue weighted by Gasteiger charge is -2.46. The number of hydroxylamine groups is 2. The number of benzene rings is 4. The number of amidine groups is 1. The summed E-state index contributed by atoms with van der Waals surface area (Å²) in [5.41, 5.74) is 3.77. The summed E-state index contributed by atoms with van der Waals surface area (Å²) in [7, 11) is 6.40. The molecule has 1 unspecified atom stereocenters. The van der Waals surface area contributed by atoms with Crippen LogP contribution in [0.15, 0.2) is 118 Å². The molecule has 4 aromatic carbocycles. The average Bonchev–Trinajstić information content (AvgIpc) is 4.10. The topological polar surface area (TPSA) is 162 Å². The Morgan fingerprint density at radius 1 is 1.01 bits per heavy atom. The van der Waals surface area contributed by atoms with E-state index >= 15 is 4.39 Å². The van der Waals surface area contributed by atoms with E-state index in [9.17, 15) is 24.0 Å². The number of thioether (sulfide) groups is 1. The molecule has 400 valence electrons. The molecule has 4 atom stereocenters. The van der Waals surface area contributed by atoms with Crippen LogP contribution in [0.2, 0.25) is 5.02 Å². The molecule has 76 heavy (non-hydrogen) atoms. The highest BCUT2D eigenvalue weighted by Gasteiger charge is 2.50. The van der Waals surface area contributed by atoms with E-state index in [1.165, 1.54) is 24.1 Å². The minimum absolute atomic E-state index is 0.0487. The van der Waals surface area contributed by atoms with Crippen molar-refractivity contribution in [3.05, 3.63) is 136 Å². The van der Waals surface area contributed by atoms with Gasteiger partial charge in [-0.3, -0.25) is 14.5 Å². The minimum atomic E-state index is -1.26. The number of amides is 4.